The van der Waals surface area contributed by atoms with Crippen LogP contribution in [0.5, 0.6) is 0 Å². The van der Waals surface area contributed by atoms with Crippen LogP contribution in [0.15, 0.2) is 6.07 Å². The number of rotatable bonds is 2. The lowest BCUT2D eigenvalue weighted by Crippen LogP contribution is -2.13. The van der Waals surface area contributed by atoms with E-state index in [0.29, 0.717) is 0 Å². The summed E-state index contributed by atoms with van der Waals surface area (Å²) in [6.07, 6.45) is -2.87. The van der Waals surface area contributed by atoms with Gasteiger partial charge in [-0.15, -0.1) is 0 Å². The van der Waals surface area contributed by atoms with E-state index in [1.54, 1.807) is 0 Å². The number of nitrogens with one attached hydrogen (secondary N) is 2. The van der Waals surface area contributed by atoms with E-state index in [1.807, 2.05) is 5.10 Å². The number of carbonyl (C=O) groups excluding carboxylic acids is 1. The van der Waals surface area contributed by atoms with Gasteiger partial charge in [-0.3, -0.25) is 9.89 Å². The number of amides is 1. The maximum absolute atomic E-state index is 12.1. The lowest BCUT2D eigenvalue weighted by atomic mass is 10.4. The Bertz CT molecular complexity index is 381. The Morgan fingerprint density at radius 3 is 2.67 bits per heavy atom. The molecule has 1 heterocycles. The zero-order valence-corrected chi connectivity index (χ0v) is 7.56. The molecule has 2 rings (SSSR count). The largest absolute Gasteiger partial charge is 0.432 e. The van der Waals surface area contributed by atoms with Crippen LogP contribution in [-0.2, 0) is 11.0 Å². The van der Waals surface area contributed by atoms with Gasteiger partial charge in [-0.2, -0.15) is 18.3 Å². The van der Waals surface area contributed by atoms with Crippen LogP contribution in [0, 0.1) is 5.92 Å². The number of halogens is 3. The molecule has 4 nitrogen and oxygen atoms in total. The van der Waals surface area contributed by atoms with Crippen LogP contribution in [-0.4, -0.2) is 16.1 Å². The highest BCUT2D eigenvalue weighted by molar-refractivity contribution is 5.93. The van der Waals surface area contributed by atoms with E-state index >= 15 is 0 Å². The summed E-state index contributed by atoms with van der Waals surface area (Å²) in [5.74, 6) is -0.412. The van der Waals surface area contributed by atoms with E-state index in [4.69, 9.17) is 0 Å². The highest BCUT2D eigenvalue weighted by Crippen LogP contribution is 2.31. The zero-order chi connectivity index (χ0) is 11.1. The van der Waals surface area contributed by atoms with Crippen molar-refractivity contribution in [3.63, 3.8) is 0 Å². The number of anilines is 1. The molecule has 1 aromatic heterocycles. The number of carbonyl (C=O) groups is 1. The van der Waals surface area contributed by atoms with Crippen molar-refractivity contribution in [2.45, 2.75) is 19.0 Å². The van der Waals surface area contributed by atoms with Gasteiger partial charge in [0, 0.05) is 12.0 Å². The monoisotopic (exact) mass is 219 g/mol. The van der Waals surface area contributed by atoms with Crippen molar-refractivity contribution in [3.8, 4) is 0 Å². The number of hydrogen-bond acceptors (Lipinski definition) is 2. The summed E-state index contributed by atoms with van der Waals surface area (Å²) in [6.45, 7) is 0. The van der Waals surface area contributed by atoms with Gasteiger partial charge in [-0.25, -0.2) is 0 Å². The Kier molecular flexibility index (Phi) is 2.17. The minimum atomic E-state index is -4.46. The molecular formula is C8H8F3N3O. The standard InChI is InChI=1S/C8H8F3N3O/c9-8(10,11)5-3-6(14-13-5)12-7(15)4-1-2-4/h3-4H,1-2H2,(H2,12,13,14,15). The summed E-state index contributed by atoms with van der Waals surface area (Å²) < 4.78 is 36.4. The lowest BCUT2D eigenvalue weighted by molar-refractivity contribution is -0.141. The van der Waals surface area contributed by atoms with Crippen molar-refractivity contribution in [1.82, 2.24) is 10.2 Å². The molecule has 0 aromatic carbocycles. The topological polar surface area (TPSA) is 57.8 Å². The molecule has 0 spiro atoms. The van der Waals surface area contributed by atoms with Crippen LogP contribution in [0.25, 0.3) is 0 Å². The predicted octanol–water partition coefficient (Wildman–Crippen LogP) is 1.78. The first-order valence-electron chi connectivity index (χ1n) is 4.40. The molecule has 82 valence electrons. The average molecular weight is 219 g/mol. The van der Waals surface area contributed by atoms with Gasteiger partial charge in [0.25, 0.3) is 0 Å². The van der Waals surface area contributed by atoms with Gasteiger partial charge < -0.3 is 5.32 Å². The van der Waals surface area contributed by atoms with Crippen molar-refractivity contribution in [2.24, 2.45) is 5.92 Å². The first-order valence-corrected chi connectivity index (χ1v) is 4.40. The van der Waals surface area contributed by atoms with Gasteiger partial charge in [0.2, 0.25) is 5.91 Å². The third-order valence-electron chi connectivity index (χ3n) is 2.08. The van der Waals surface area contributed by atoms with Crippen molar-refractivity contribution in [1.29, 1.82) is 0 Å². The highest BCUT2D eigenvalue weighted by Gasteiger charge is 2.34. The highest BCUT2D eigenvalue weighted by atomic mass is 19.4. The molecule has 1 amide bonds. The molecule has 0 saturated heterocycles. The van der Waals surface area contributed by atoms with Gasteiger partial charge in [-0.05, 0) is 12.8 Å². The van der Waals surface area contributed by atoms with Gasteiger partial charge in [-0.1, -0.05) is 0 Å². The number of H-pyrrole nitrogens is 1. The Balaban J connectivity index is 2.03. The number of aromatic amines is 1. The zero-order valence-electron chi connectivity index (χ0n) is 7.56. The fourth-order valence-electron chi connectivity index (χ4n) is 1.10. The molecule has 1 aliphatic carbocycles. The summed E-state index contributed by atoms with van der Waals surface area (Å²) in [4.78, 5) is 11.2. The fraction of sp³-hybridized carbons (Fsp3) is 0.500. The van der Waals surface area contributed by atoms with Gasteiger partial charge in [0.15, 0.2) is 5.82 Å². The van der Waals surface area contributed by atoms with Gasteiger partial charge >= 0.3 is 6.18 Å². The number of hydrogen-bond donors (Lipinski definition) is 2. The summed E-state index contributed by atoms with van der Waals surface area (Å²) in [5, 5.41) is 7.49. The van der Waals surface area contributed by atoms with Gasteiger partial charge in [0.1, 0.15) is 5.69 Å². The maximum Gasteiger partial charge on any atom is 0.432 e. The minimum Gasteiger partial charge on any atom is -0.309 e. The Labute approximate surface area is 82.9 Å². The van der Waals surface area contributed by atoms with Crippen molar-refractivity contribution in [2.75, 3.05) is 5.32 Å². The third-order valence-corrected chi connectivity index (χ3v) is 2.08. The Morgan fingerprint density at radius 1 is 1.53 bits per heavy atom. The molecule has 15 heavy (non-hydrogen) atoms. The van der Waals surface area contributed by atoms with E-state index in [1.165, 1.54) is 0 Å². The van der Waals surface area contributed by atoms with E-state index in [-0.39, 0.29) is 17.6 Å². The molecule has 1 saturated carbocycles. The quantitative estimate of drug-likeness (QED) is 0.796. The van der Waals surface area contributed by atoms with E-state index in [0.717, 1.165) is 18.9 Å². The molecule has 1 aromatic rings. The number of alkyl halides is 3. The molecular weight excluding hydrogens is 211 g/mol. The predicted molar refractivity (Wildman–Crippen MR) is 44.9 cm³/mol. The summed E-state index contributed by atoms with van der Waals surface area (Å²) in [7, 11) is 0. The molecule has 2 N–H and O–H groups in total. The van der Waals surface area contributed by atoms with Crippen LogP contribution in [0.4, 0.5) is 19.0 Å². The first-order chi connectivity index (χ1) is 6.97. The summed E-state index contributed by atoms with van der Waals surface area (Å²) >= 11 is 0. The lowest BCUT2D eigenvalue weighted by Gasteiger charge is -2.00. The van der Waals surface area contributed by atoms with Crippen molar-refractivity contribution < 1.29 is 18.0 Å². The second-order valence-electron chi connectivity index (χ2n) is 3.43. The smallest absolute Gasteiger partial charge is 0.309 e. The van der Waals surface area contributed by atoms with Gasteiger partial charge in [0.05, 0.1) is 0 Å². The average Bonchev–Trinajstić information content (AvgIpc) is 2.86. The minimum absolute atomic E-state index is 0.0592. The first kappa shape index (κ1) is 10.0. The normalized spacial score (nSPS) is 16.5. The molecule has 1 aliphatic rings. The Morgan fingerprint density at radius 2 is 2.20 bits per heavy atom. The Hall–Kier alpha value is -1.53. The van der Waals surface area contributed by atoms with Crippen LogP contribution in [0.3, 0.4) is 0 Å². The van der Waals surface area contributed by atoms with Crippen molar-refractivity contribution >= 4 is 11.7 Å². The number of aromatic nitrogens is 2. The molecule has 1 fully saturated rings. The third kappa shape index (κ3) is 2.28. The van der Waals surface area contributed by atoms with E-state index in [9.17, 15) is 18.0 Å². The van der Waals surface area contributed by atoms with Crippen LogP contribution in [0.2, 0.25) is 0 Å². The SMILES string of the molecule is O=C(Nc1cc(C(F)(F)F)[nH]n1)C1CC1. The number of nitrogens with zero attached hydrogens (tertiary/aromatic N) is 1. The van der Waals surface area contributed by atoms with Crippen molar-refractivity contribution in [3.05, 3.63) is 11.8 Å². The molecule has 0 aliphatic heterocycles. The fourth-order valence-corrected chi connectivity index (χ4v) is 1.10. The van der Waals surface area contributed by atoms with E-state index in [2.05, 4.69) is 10.4 Å². The molecule has 0 unspecified atom stereocenters. The van der Waals surface area contributed by atoms with Crippen LogP contribution >= 0.6 is 0 Å². The molecule has 0 bridgehead atoms. The molecule has 0 radical (unpaired) electrons. The van der Waals surface area contributed by atoms with Crippen LogP contribution < -0.4 is 5.32 Å². The molecule has 0 atom stereocenters. The summed E-state index contributed by atoms with van der Waals surface area (Å²) in [6, 6.07) is 0.778. The van der Waals surface area contributed by atoms with E-state index < -0.39 is 11.9 Å². The second kappa shape index (κ2) is 3.25. The van der Waals surface area contributed by atoms with Crippen LogP contribution in [0.1, 0.15) is 18.5 Å². The molecule has 7 heteroatoms. The second-order valence-corrected chi connectivity index (χ2v) is 3.43. The maximum atomic E-state index is 12.1. The summed E-state index contributed by atoms with van der Waals surface area (Å²) in [5.41, 5.74) is -0.964.